The van der Waals surface area contributed by atoms with Crippen LogP contribution in [0.25, 0.3) is 22.3 Å². The molecule has 7 heteroatoms. The number of carbonyl (C=O) groups excluding carboxylic acids is 2. The van der Waals surface area contributed by atoms with E-state index in [-0.39, 0.29) is 39.5 Å². The highest BCUT2D eigenvalue weighted by atomic mass is 19.1. The van der Waals surface area contributed by atoms with E-state index in [1.807, 2.05) is 0 Å². The first kappa shape index (κ1) is 24.4. The lowest BCUT2D eigenvalue weighted by atomic mass is 9.99. The minimum absolute atomic E-state index is 0.00851. The second-order valence-corrected chi connectivity index (χ2v) is 7.54. The van der Waals surface area contributed by atoms with E-state index < -0.39 is 23.6 Å². The topological polar surface area (TPSA) is 61.8 Å². The monoisotopic (exact) mass is 464 g/mol. The van der Waals surface area contributed by atoms with Crippen molar-refractivity contribution >= 4 is 11.9 Å². The molecule has 3 aromatic rings. The molecule has 0 amide bonds. The first-order chi connectivity index (χ1) is 16.1. The molecule has 174 valence electrons. The molecular formula is C27H22F2O5. The smallest absolute Gasteiger partial charge is 0.338 e. The number of halogens is 2. The zero-order valence-electron chi connectivity index (χ0n) is 18.9. The van der Waals surface area contributed by atoms with Gasteiger partial charge in [-0.25, -0.2) is 18.4 Å². The van der Waals surface area contributed by atoms with Crippen molar-refractivity contribution in [3.63, 3.8) is 0 Å². The molecule has 3 rings (SSSR count). The van der Waals surface area contributed by atoms with Crippen molar-refractivity contribution in [2.75, 3.05) is 7.11 Å². The number of rotatable bonds is 7. The normalized spacial score (nSPS) is 10.4. The van der Waals surface area contributed by atoms with Gasteiger partial charge in [0.05, 0.1) is 7.11 Å². The Hall–Kier alpha value is -4.26. The Morgan fingerprint density at radius 1 is 0.706 bits per heavy atom. The van der Waals surface area contributed by atoms with Crippen LogP contribution in [0.1, 0.15) is 13.8 Å². The molecule has 0 aromatic heterocycles. The Balaban J connectivity index is 1.89. The predicted octanol–water partition coefficient (Wildman–Crippen LogP) is 6.27. The molecule has 34 heavy (non-hydrogen) atoms. The van der Waals surface area contributed by atoms with Crippen LogP contribution in [0, 0.1) is 11.6 Å². The summed E-state index contributed by atoms with van der Waals surface area (Å²) >= 11 is 0. The van der Waals surface area contributed by atoms with Gasteiger partial charge in [-0.3, -0.25) is 0 Å². The molecule has 0 radical (unpaired) electrons. The summed E-state index contributed by atoms with van der Waals surface area (Å²) in [6.45, 7) is 10.0. The van der Waals surface area contributed by atoms with Crippen LogP contribution in [0.2, 0.25) is 0 Å². The first-order valence-corrected chi connectivity index (χ1v) is 10.1. The van der Waals surface area contributed by atoms with E-state index in [2.05, 4.69) is 13.2 Å². The van der Waals surface area contributed by atoms with Crippen molar-refractivity contribution in [1.82, 2.24) is 0 Å². The van der Waals surface area contributed by atoms with Gasteiger partial charge >= 0.3 is 11.9 Å². The lowest BCUT2D eigenvalue weighted by Crippen LogP contribution is -2.09. The first-order valence-electron chi connectivity index (χ1n) is 10.1. The molecule has 0 saturated heterocycles. The van der Waals surface area contributed by atoms with Gasteiger partial charge in [-0.05, 0) is 55.3 Å². The standard InChI is InChI=1S/C27H22F2O5/c1-15(2)26(30)33-19-8-10-21(23(29)14-19)20-9-6-17(12-22(20)28)18-7-11-24(25(13-18)32-5)34-27(31)16(3)4/h6-14H,1,3H2,2,4-5H3. The highest BCUT2D eigenvalue weighted by Crippen LogP contribution is 2.35. The molecule has 0 aliphatic rings. The second-order valence-electron chi connectivity index (χ2n) is 7.54. The molecule has 0 N–H and O–H groups in total. The van der Waals surface area contributed by atoms with Gasteiger partial charge in [0.15, 0.2) is 11.5 Å². The second kappa shape index (κ2) is 10.1. The van der Waals surface area contributed by atoms with E-state index >= 15 is 0 Å². The van der Waals surface area contributed by atoms with Crippen LogP contribution in [0.15, 0.2) is 78.9 Å². The highest BCUT2D eigenvalue weighted by molar-refractivity contribution is 5.89. The molecule has 0 aliphatic carbocycles. The van der Waals surface area contributed by atoms with Crippen molar-refractivity contribution in [2.24, 2.45) is 0 Å². The summed E-state index contributed by atoms with van der Waals surface area (Å²) in [7, 11) is 1.42. The molecule has 0 heterocycles. The summed E-state index contributed by atoms with van der Waals surface area (Å²) < 4.78 is 45.1. The number of hydrogen-bond donors (Lipinski definition) is 0. The third-order valence-electron chi connectivity index (χ3n) is 4.81. The van der Waals surface area contributed by atoms with Gasteiger partial charge in [-0.15, -0.1) is 0 Å². The largest absolute Gasteiger partial charge is 0.493 e. The number of methoxy groups -OCH3 is 1. The number of ether oxygens (including phenoxy) is 3. The number of benzene rings is 3. The Labute approximate surface area is 195 Å². The lowest BCUT2D eigenvalue weighted by molar-refractivity contribution is -0.131. The van der Waals surface area contributed by atoms with Crippen LogP contribution in [-0.2, 0) is 9.59 Å². The average molecular weight is 464 g/mol. The minimum atomic E-state index is -0.746. The maximum absolute atomic E-state index is 15.0. The summed E-state index contributed by atoms with van der Waals surface area (Å²) in [5.74, 6) is -2.20. The van der Waals surface area contributed by atoms with Gasteiger partial charge in [-0.2, -0.15) is 0 Å². The predicted molar refractivity (Wildman–Crippen MR) is 125 cm³/mol. The molecule has 5 nitrogen and oxygen atoms in total. The molecule has 0 aliphatic heterocycles. The van der Waals surface area contributed by atoms with Crippen LogP contribution in [-0.4, -0.2) is 19.0 Å². The summed E-state index contributed by atoms with van der Waals surface area (Å²) in [5, 5.41) is 0. The Kier molecular flexibility index (Phi) is 7.26. The van der Waals surface area contributed by atoms with Gasteiger partial charge in [0.25, 0.3) is 0 Å². The number of carbonyl (C=O) groups is 2. The van der Waals surface area contributed by atoms with Crippen molar-refractivity contribution < 1.29 is 32.6 Å². The van der Waals surface area contributed by atoms with Crippen molar-refractivity contribution in [1.29, 1.82) is 0 Å². The minimum Gasteiger partial charge on any atom is -0.493 e. The molecule has 0 saturated carbocycles. The molecule has 0 spiro atoms. The van der Waals surface area contributed by atoms with E-state index in [9.17, 15) is 18.4 Å². The summed E-state index contributed by atoms with van der Waals surface area (Å²) in [6.07, 6.45) is 0. The van der Waals surface area contributed by atoms with E-state index in [4.69, 9.17) is 14.2 Å². The molecular weight excluding hydrogens is 442 g/mol. The van der Waals surface area contributed by atoms with Gasteiger partial charge in [-0.1, -0.05) is 31.4 Å². The van der Waals surface area contributed by atoms with Crippen LogP contribution >= 0.6 is 0 Å². The Morgan fingerprint density at radius 2 is 1.24 bits per heavy atom. The quantitative estimate of drug-likeness (QED) is 0.234. The van der Waals surface area contributed by atoms with Crippen LogP contribution in [0.4, 0.5) is 8.78 Å². The van der Waals surface area contributed by atoms with Crippen molar-refractivity contribution in [3.05, 3.63) is 90.5 Å². The third kappa shape index (κ3) is 5.38. The van der Waals surface area contributed by atoms with E-state index in [0.29, 0.717) is 11.1 Å². The summed E-state index contributed by atoms with van der Waals surface area (Å²) in [6, 6.07) is 12.8. The maximum atomic E-state index is 15.0. The fraction of sp³-hybridized carbons (Fsp3) is 0.111. The Bertz CT molecular complexity index is 1310. The molecule has 0 unspecified atom stereocenters. The molecule has 3 aromatic carbocycles. The van der Waals surface area contributed by atoms with Gasteiger partial charge in [0.1, 0.15) is 17.4 Å². The highest BCUT2D eigenvalue weighted by Gasteiger charge is 2.16. The van der Waals surface area contributed by atoms with E-state index in [1.165, 1.54) is 51.3 Å². The summed E-state index contributed by atoms with van der Waals surface area (Å²) in [4.78, 5) is 23.4. The third-order valence-corrected chi connectivity index (χ3v) is 4.81. The number of hydrogen-bond acceptors (Lipinski definition) is 5. The van der Waals surface area contributed by atoms with Gasteiger partial charge < -0.3 is 14.2 Å². The van der Waals surface area contributed by atoms with Gasteiger partial charge in [0, 0.05) is 28.3 Å². The fourth-order valence-corrected chi connectivity index (χ4v) is 3.00. The lowest BCUT2D eigenvalue weighted by Gasteiger charge is -2.12. The van der Waals surface area contributed by atoms with E-state index in [1.54, 1.807) is 18.2 Å². The van der Waals surface area contributed by atoms with Gasteiger partial charge in [0.2, 0.25) is 0 Å². The number of esters is 2. The maximum Gasteiger partial charge on any atom is 0.338 e. The van der Waals surface area contributed by atoms with Crippen LogP contribution in [0.3, 0.4) is 0 Å². The van der Waals surface area contributed by atoms with Crippen molar-refractivity contribution in [2.45, 2.75) is 13.8 Å². The average Bonchev–Trinajstić information content (AvgIpc) is 2.79. The molecule has 0 fully saturated rings. The Morgan fingerprint density at radius 3 is 1.79 bits per heavy atom. The van der Waals surface area contributed by atoms with Crippen molar-refractivity contribution in [3.8, 4) is 39.5 Å². The summed E-state index contributed by atoms with van der Waals surface area (Å²) in [5.41, 5.74) is 1.56. The molecule has 0 atom stereocenters. The van der Waals surface area contributed by atoms with Crippen LogP contribution < -0.4 is 14.2 Å². The van der Waals surface area contributed by atoms with Crippen LogP contribution in [0.5, 0.6) is 17.2 Å². The SMILES string of the molecule is C=C(C)C(=O)Oc1ccc(-c2ccc(-c3ccc(OC(=O)C(=C)C)c(OC)c3)cc2F)c(F)c1. The zero-order valence-corrected chi connectivity index (χ0v) is 18.9. The molecule has 0 bridgehead atoms. The zero-order chi connectivity index (χ0) is 25.0. The fourth-order valence-electron chi connectivity index (χ4n) is 3.00. The van der Waals surface area contributed by atoms with E-state index in [0.717, 1.165) is 6.07 Å².